The molecule has 4 atom stereocenters. The Labute approximate surface area is 215 Å². The van der Waals surface area contributed by atoms with Crippen LogP contribution in [0.4, 0.5) is 0 Å². The summed E-state index contributed by atoms with van der Waals surface area (Å²) < 4.78 is 3.65. The fourth-order valence-corrected chi connectivity index (χ4v) is 8.87. The average Bonchev–Trinajstić information content (AvgIpc) is 2.68. The number of aliphatic hydroxyl groups is 2. The van der Waals surface area contributed by atoms with Gasteiger partial charge in [0, 0.05) is 29.8 Å². The van der Waals surface area contributed by atoms with Crippen LogP contribution in [0.5, 0.6) is 0 Å². The predicted octanol–water partition coefficient (Wildman–Crippen LogP) is 8.76. The molecule has 0 amide bonds. The van der Waals surface area contributed by atoms with Crippen LogP contribution < -0.4 is 0 Å². The molecular formula is C24H34Br4O2. The largest absolute Gasteiger partial charge is 0.381 e. The smallest absolute Gasteiger partial charge is 0.127 e. The Morgan fingerprint density at radius 3 is 1.27 bits per heavy atom. The zero-order valence-electron chi connectivity index (χ0n) is 18.4. The minimum absolute atomic E-state index is 0.208. The summed E-state index contributed by atoms with van der Waals surface area (Å²) in [7, 11) is 0. The Hall–Kier alpha value is 0.800. The van der Waals surface area contributed by atoms with Crippen molar-refractivity contribution in [3.63, 3.8) is 0 Å². The summed E-state index contributed by atoms with van der Waals surface area (Å²) in [6, 6.07) is 0. The molecule has 30 heavy (non-hydrogen) atoms. The standard InChI is InChI=1S/C24H34Br4O2/c1-5-9-15-19(25)13-20(26)16(10-6-2)23(15,29)24(30)17(11-7-3)21(27)14-22(28)18(24)12-8-4/h13-15,17,29-30H,5-12H2,1-4H3. The second-order valence-corrected chi connectivity index (χ2v) is 12.0. The molecule has 0 radical (unpaired) electrons. The number of allylic oxidation sites excluding steroid dienone is 4. The lowest BCUT2D eigenvalue weighted by atomic mass is 9.56. The highest BCUT2D eigenvalue weighted by atomic mass is 79.9. The molecule has 4 unspecified atom stereocenters. The van der Waals surface area contributed by atoms with Crippen LogP contribution in [0.15, 0.2) is 41.2 Å². The minimum Gasteiger partial charge on any atom is -0.381 e. The van der Waals surface area contributed by atoms with E-state index in [1.165, 1.54) is 0 Å². The van der Waals surface area contributed by atoms with Crippen molar-refractivity contribution in [1.29, 1.82) is 0 Å². The molecule has 0 fully saturated rings. The maximum absolute atomic E-state index is 12.8. The molecular weight excluding hydrogens is 640 g/mol. The van der Waals surface area contributed by atoms with Crippen molar-refractivity contribution in [3.8, 4) is 0 Å². The molecule has 0 bridgehead atoms. The van der Waals surface area contributed by atoms with E-state index in [1.54, 1.807) is 0 Å². The summed E-state index contributed by atoms with van der Waals surface area (Å²) in [6.45, 7) is 8.52. The highest BCUT2D eigenvalue weighted by Crippen LogP contribution is 2.60. The van der Waals surface area contributed by atoms with Crippen LogP contribution in [0.25, 0.3) is 0 Å². The first-order valence-corrected chi connectivity index (χ1v) is 14.3. The van der Waals surface area contributed by atoms with Gasteiger partial charge in [-0.05, 0) is 49.0 Å². The normalized spacial score (nSPS) is 32.5. The molecule has 170 valence electrons. The lowest BCUT2D eigenvalue weighted by molar-refractivity contribution is -0.157. The maximum Gasteiger partial charge on any atom is 0.127 e. The highest BCUT2D eigenvalue weighted by molar-refractivity contribution is 9.12. The summed E-state index contributed by atoms with van der Waals surface area (Å²) in [4.78, 5) is 0. The second-order valence-electron chi connectivity index (χ2n) is 8.43. The van der Waals surface area contributed by atoms with Crippen molar-refractivity contribution in [2.24, 2.45) is 11.8 Å². The lowest BCUT2D eigenvalue weighted by Gasteiger charge is -2.56. The third kappa shape index (κ3) is 4.57. The van der Waals surface area contributed by atoms with Crippen LogP contribution in [0.2, 0.25) is 0 Å². The van der Waals surface area contributed by atoms with E-state index in [0.29, 0.717) is 0 Å². The molecule has 0 aromatic heterocycles. The van der Waals surface area contributed by atoms with E-state index in [9.17, 15) is 10.2 Å². The molecule has 0 saturated heterocycles. The van der Waals surface area contributed by atoms with Crippen molar-refractivity contribution in [2.45, 2.75) is 90.3 Å². The summed E-state index contributed by atoms with van der Waals surface area (Å²) in [5, 5.41) is 25.6. The van der Waals surface area contributed by atoms with Gasteiger partial charge in [-0.1, -0.05) is 117 Å². The van der Waals surface area contributed by atoms with E-state index >= 15 is 0 Å². The van der Waals surface area contributed by atoms with Gasteiger partial charge in [-0.25, -0.2) is 0 Å². The lowest BCUT2D eigenvalue weighted by Crippen LogP contribution is -2.66. The van der Waals surface area contributed by atoms with E-state index < -0.39 is 11.2 Å². The fourth-order valence-electron chi connectivity index (χ4n) is 5.18. The highest BCUT2D eigenvalue weighted by Gasteiger charge is 2.63. The minimum atomic E-state index is -1.41. The number of halogens is 4. The van der Waals surface area contributed by atoms with E-state index in [4.69, 9.17) is 0 Å². The molecule has 2 aliphatic rings. The van der Waals surface area contributed by atoms with Gasteiger partial charge < -0.3 is 10.2 Å². The SMILES string of the molecule is CCCC1=C(Br)C=C(Br)C(CCC)C1(O)C1(O)C(CCC)=C(Br)C=C(Br)C1CCC. The predicted molar refractivity (Wildman–Crippen MR) is 142 cm³/mol. The van der Waals surface area contributed by atoms with Crippen molar-refractivity contribution in [1.82, 2.24) is 0 Å². The summed E-state index contributed by atoms with van der Waals surface area (Å²) in [5.74, 6) is -0.416. The van der Waals surface area contributed by atoms with E-state index in [2.05, 4.69) is 104 Å². The molecule has 0 aromatic carbocycles. The zero-order chi connectivity index (χ0) is 22.7. The van der Waals surface area contributed by atoms with E-state index in [1.807, 2.05) is 0 Å². The molecule has 2 N–H and O–H groups in total. The average molecular weight is 674 g/mol. The Balaban J connectivity index is 2.90. The molecule has 0 heterocycles. The van der Waals surface area contributed by atoms with E-state index in [0.717, 1.165) is 80.4 Å². The molecule has 0 saturated carbocycles. The van der Waals surface area contributed by atoms with Gasteiger partial charge >= 0.3 is 0 Å². The molecule has 6 heteroatoms. The monoisotopic (exact) mass is 670 g/mol. The van der Waals surface area contributed by atoms with Crippen LogP contribution in [0, 0.1) is 11.8 Å². The first-order valence-electron chi connectivity index (χ1n) is 11.1. The van der Waals surface area contributed by atoms with Crippen LogP contribution >= 0.6 is 63.7 Å². The summed E-state index contributed by atoms with van der Waals surface area (Å²) in [5.41, 5.74) is -1.01. The van der Waals surface area contributed by atoms with Gasteiger partial charge in [0.15, 0.2) is 0 Å². The topological polar surface area (TPSA) is 40.5 Å². The van der Waals surface area contributed by atoms with Crippen LogP contribution in [-0.2, 0) is 0 Å². The van der Waals surface area contributed by atoms with Crippen LogP contribution in [0.1, 0.15) is 79.1 Å². The zero-order valence-corrected chi connectivity index (χ0v) is 24.7. The molecule has 0 spiro atoms. The van der Waals surface area contributed by atoms with Gasteiger partial charge in [-0.15, -0.1) is 0 Å². The number of rotatable bonds is 9. The maximum atomic E-state index is 12.8. The summed E-state index contributed by atoms with van der Waals surface area (Å²) >= 11 is 15.0. The third-order valence-corrected chi connectivity index (χ3v) is 9.41. The number of hydrogen-bond donors (Lipinski definition) is 2. The van der Waals surface area contributed by atoms with Crippen molar-refractivity contribution < 1.29 is 10.2 Å². The van der Waals surface area contributed by atoms with Gasteiger partial charge in [0.05, 0.1) is 0 Å². The Bertz CT molecular complexity index is 703. The fraction of sp³-hybridized carbons (Fsp3) is 0.667. The Morgan fingerprint density at radius 2 is 1.00 bits per heavy atom. The van der Waals surface area contributed by atoms with Gasteiger partial charge in [0.1, 0.15) is 11.2 Å². The summed E-state index contributed by atoms with van der Waals surface area (Å²) in [6.07, 6.45) is 10.8. The second kappa shape index (κ2) is 11.3. The third-order valence-electron chi connectivity index (χ3n) is 6.44. The van der Waals surface area contributed by atoms with Crippen molar-refractivity contribution >= 4 is 63.7 Å². The Kier molecular flexibility index (Phi) is 10.2. The van der Waals surface area contributed by atoms with Gasteiger partial charge in [-0.2, -0.15) is 0 Å². The quantitative estimate of drug-likeness (QED) is 0.257. The van der Waals surface area contributed by atoms with Crippen LogP contribution in [0.3, 0.4) is 0 Å². The van der Waals surface area contributed by atoms with Gasteiger partial charge in [-0.3, -0.25) is 0 Å². The van der Waals surface area contributed by atoms with Crippen LogP contribution in [-0.4, -0.2) is 21.4 Å². The molecule has 0 aliphatic heterocycles. The van der Waals surface area contributed by atoms with Gasteiger partial charge in [0.25, 0.3) is 0 Å². The first-order chi connectivity index (χ1) is 14.1. The van der Waals surface area contributed by atoms with E-state index in [-0.39, 0.29) is 11.8 Å². The number of hydrogen-bond acceptors (Lipinski definition) is 2. The van der Waals surface area contributed by atoms with Crippen molar-refractivity contribution in [3.05, 3.63) is 41.2 Å². The molecule has 2 aliphatic carbocycles. The van der Waals surface area contributed by atoms with Crippen molar-refractivity contribution in [2.75, 3.05) is 0 Å². The first kappa shape index (κ1) is 27.0. The molecule has 2 rings (SSSR count). The Morgan fingerprint density at radius 1 is 0.667 bits per heavy atom. The molecule has 2 nitrogen and oxygen atoms in total. The molecule has 0 aromatic rings. The van der Waals surface area contributed by atoms with Gasteiger partial charge in [0.2, 0.25) is 0 Å².